The van der Waals surface area contributed by atoms with Crippen LogP contribution in [0.25, 0.3) is 10.9 Å². The maximum atomic E-state index is 11.8. The molecule has 0 spiro atoms. The molecule has 4 nitrogen and oxygen atoms in total. The zero-order valence-electron chi connectivity index (χ0n) is 14.3. The van der Waals surface area contributed by atoms with Crippen molar-refractivity contribution in [2.75, 3.05) is 20.2 Å². The molecule has 126 valence electrons. The number of carbonyl (C=O) groups is 1. The number of esters is 1. The lowest BCUT2D eigenvalue weighted by atomic mass is 9.80. The first-order valence-corrected chi connectivity index (χ1v) is 8.76. The second-order valence-corrected chi connectivity index (χ2v) is 6.88. The van der Waals surface area contributed by atoms with Crippen molar-refractivity contribution in [2.45, 2.75) is 32.2 Å². The third-order valence-corrected chi connectivity index (χ3v) is 5.70. The summed E-state index contributed by atoms with van der Waals surface area (Å²) in [5.74, 6) is 0.168. The van der Waals surface area contributed by atoms with Gasteiger partial charge in [-0.3, -0.25) is 9.69 Å². The van der Waals surface area contributed by atoms with Crippen LogP contribution in [0.15, 0.2) is 35.9 Å². The molecule has 0 unspecified atom stereocenters. The lowest BCUT2D eigenvalue weighted by Gasteiger charge is -2.43. The van der Waals surface area contributed by atoms with Crippen LogP contribution in [0.2, 0.25) is 0 Å². The summed E-state index contributed by atoms with van der Waals surface area (Å²) >= 11 is 0. The summed E-state index contributed by atoms with van der Waals surface area (Å²) < 4.78 is 4.91. The molecular weight excluding hydrogens is 300 g/mol. The zero-order chi connectivity index (χ0) is 16.7. The third-order valence-electron chi connectivity index (χ3n) is 5.70. The molecule has 1 saturated heterocycles. The summed E-state index contributed by atoms with van der Waals surface area (Å²) in [6.07, 6.45) is 4.74. The standard InChI is InChI=1S/C20H24N2O2/c1-3-13-12-22-9-8-16-15-6-4-5-7-17(15)21-20(16)18(22)10-14(13)11-19(23)24-2/h3-7,14,18,21H,8-12H2,1-2H3/b13-3-/t14-,18-/m1/s1. The molecule has 4 rings (SSSR count). The van der Waals surface area contributed by atoms with Gasteiger partial charge in [0.1, 0.15) is 0 Å². The first-order chi connectivity index (χ1) is 11.7. The molecule has 1 N–H and O–H groups in total. The van der Waals surface area contributed by atoms with E-state index < -0.39 is 0 Å². The fourth-order valence-electron chi connectivity index (χ4n) is 4.44. The SMILES string of the molecule is C/C=C1/CN2CCc3c([nH]c4ccccc34)[C@H]2C[C@@H]1CC(=O)OC. The molecule has 1 aromatic heterocycles. The fourth-order valence-corrected chi connectivity index (χ4v) is 4.44. The molecule has 0 radical (unpaired) electrons. The van der Waals surface area contributed by atoms with Gasteiger partial charge in [0.25, 0.3) is 0 Å². The number of nitrogens with one attached hydrogen (secondary N) is 1. The Bertz CT molecular complexity index is 805. The van der Waals surface area contributed by atoms with Gasteiger partial charge >= 0.3 is 5.97 Å². The minimum atomic E-state index is -0.111. The number of aromatic amines is 1. The highest BCUT2D eigenvalue weighted by Crippen LogP contribution is 2.43. The summed E-state index contributed by atoms with van der Waals surface area (Å²) in [5, 5.41) is 1.36. The highest BCUT2D eigenvalue weighted by Gasteiger charge is 2.38. The Labute approximate surface area is 142 Å². The van der Waals surface area contributed by atoms with E-state index in [-0.39, 0.29) is 11.9 Å². The van der Waals surface area contributed by atoms with Gasteiger partial charge in [-0.25, -0.2) is 0 Å². The van der Waals surface area contributed by atoms with E-state index in [9.17, 15) is 4.79 Å². The molecule has 2 aliphatic heterocycles. The Balaban J connectivity index is 1.69. The van der Waals surface area contributed by atoms with E-state index in [1.54, 1.807) is 0 Å². The van der Waals surface area contributed by atoms with Crippen LogP contribution in [0.4, 0.5) is 0 Å². The summed E-state index contributed by atoms with van der Waals surface area (Å²) in [6, 6.07) is 8.94. The number of ether oxygens (including phenoxy) is 1. The Kier molecular flexibility index (Phi) is 3.93. The number of piperidine rings is 1. The van der Waals surface area contributed by atoms with Crippen molar-refractivity contribution in [1.82, 2.24) is 9.88 Å². The molecule has 0 amide bonds. The smallest absolute Gasteiger partial charge is 0.306 e. The van der Waals surface area contributed by atoms with Crippen LogP contribution < -0.4 is 0 Å². The van der Waals surface area contributed by atoms with Crippen LogP contribution >= 0.6 is 0 Å². The molecule has 2 aliphatic rings. The maximum absolute atomic E-state index is 11.8. The summed E-state index contributed by atoms with van der Waals surface area (Å²) in [7, 11) is 1.48. The fraction of sp³-hybridized carbons (Fsp3) is 0.450. The van der Waals surface area contributed by atoms with E-state index in [1.165, 1.54) is 34.8 Å². The van der Waals surface area contributed by atoms with Crippen molar-refractivity contribution in [1.29, 1.82) is 0 Å². The van der Waals surface area contributed by atoms with Crippen molar-refractivity contribution >= 4 is 16.9 Å². The van der Waals surface area contributed by atoms with Gasteiger partial charge in [0.05, 0.1) is 19.6 Å². The van der Waals surface area contributed by atoms with E-state index >= 15 is 0 Å². The molecule has 24 heavy (non-hydrogen) atoms. The average Bonchev–Trinajstić information content (AvgIpc) is 3.00. The Hall–Kier alpha value is -2.07. The highest BCUT2D eigenvalue weighted by atomic mass is 16.5. The van der Waals surface area contributed by atoms with Gasteiger partial charge in [0, 0.05) is 29.7 Å². The minimum Gasteiger partial charge on any atom is -0.469 e. The number of carbonyl (C=O) groups excluding carboxylic acids is 1. The van der Waals surface area contributed by atoms with Crippen molar-refractivity contribution in [3.05, 3.63) is 47.2 Å². The highest BCUT2D eigenvalue weighted by molar-refractivity contribution is 5.85. The number of aromatic nitrogens is 1. The van der Waals surface area contributed by atoms with E-state index in [0.717, 1.165) is 25.9 Å². The number of benzene rings is 1. The topological polar surface area (TPSA) is 45.3 Å². The van der Waals surface area contributed by atoms with Gasteiger partial charge in [-0.15, -0.1) is 0 Å². The molecule has 0 aliphatic carbocycles. The Morgan fingerprint density at radius 1 is 1.42 bits per heavy atom. The number of nitrogens with zero attached hydrogens (tertiary/aromatic N) is 1. The number of para-hydroxylation sites is 1. The first kappa shape index (κ1) is 15.5. The molecular formula is C20H24N2O2. The van der Waals surface area contributed by atoms with Crippen molar-refractivity contribution in [3.8, 4) is 0 Å². The third kappa shape index (κ3) is 2.46. The van der Waals surface area contributed by atoms with Gasteiger partial charge in [0.15, 0.2) is 0 Å². The largest absolute Gasteiger partial charge is 0.469 e. The van der Waals surface area contributed by atoms with Crippen molar-refractivity contribution < 1.29 is 9.53 Å². The number of rotatable bonds is 2. The molecule has 1 aromatic carbocycles. The van der Waals surface area contributed by atoms with Crippen LogP contribution in [-0.2, 0) is 16.0 Å². The monoisotopic (exact) mass is 324 g/mol. The number of H-pyrrole nitrogens is 1. The predicted molar refractivity (Wildman–Crippen MR) is 94.8 cm³/mol. The summed E-state index contributed by atoms with van der Waals surface area (Å²) in [6.45, 7) is 4.12. The van der Waals surface area contributed by atoms with Gasteiger partial charge in [-0.1, -0.05) is 29.8 Å². The number of methoxy groups -OCH3 is 1. The van der Waals surface area contributed by atoms with Crippen LogP contribution in [-0.4, -0.2) is 36.1 Å². The van der Waals surface area contributed by atoms with E-state index in [1.807, 2.05) is 0 Å². The minimum absolute atomic E-state index is 0.111. The molecule has 2 aromatic rings. The average molecular weight is 324 g/mol. The predicted octanol–water partition coefficient (Wildman–Crippen LogP) is 3.60. The number of allylic oxidation sites excluding steroid dienone is 1. The molecule has 4 heteroatoms. The second-order valence-electron chi connectivity index (χ2n) is 6.88. The van der Waals surface area contributed by atoms with E-state index in [2.05, 4.69) is 47.1 Å². The number of hydrogen-bond acceptors (Lipinski definition) is 3. The quantitative estimate of drug-likeness (QED) is 0.678. The summed E-state index contributed by atoms with van der Waals surface area (Å²) in [4.78, 5) is 18.0. The van der Waals surface area contributed by atoms with E-state index in [0.29, 0.717) is 12.5 Å². The van der Waals surface area contributed by atoms with Crippen molar-refractivity contribution in [2.24, 2.45) is 5.92 Å². The van der Waals surface area contributed by atoms with Gasteiger partial charge in [-0.2, -0.15) is 0 Å². The summed E-state index contributed by atoms with van der Waals surface area (Å²) in [5.41, 5.74) is 5.42. The number of hydrogen-bond donors (Lipinski definition) is 1. The van der Waals surface area contributed by atoms with Gasteiger partial charge in [-0.05, 0) is 37.3 Å². The van der Waals surface area contributed by atoms with Gasteiger partial charge in [0.2, 0.25) is 0 Å². The van der Waals surface area contributed by atoms with Crippen LogP contribution in [0.3, 0.4) is 0 Å². The lowest BCUT2D eigenvalue weighted by Crippen LogP contribution is -2.43. The Morgan fingerprint density at radius 3 is 3.04 bits per heavy atom. The first-order valence-electron chi connectivity index (χ1n) is 8.76. The lowest BCUT2D eigenvalue weighted by molar-refractivity contribution is -0.141. The van der Waals surface area contributed by atoms with Crippen LogP contribution in [0.5, 0.6) is 0 Å². The van der Waals surface area contributed by atoms with Crippen LogP contribution in [0, 0.1) is 5.92 Å². The number of fused-ring (bicyclic) bond motifs is 5. The molecule has 2 atom stereocenters. The van der Waals surface area contributed by atoms with E-state index in [4.69, 9.17) is 4.74 Å². The maximum Gasteiger partial charge on any atom is 0.306 e. The Morgan fingerprint density at radius 2 is 2.25 bits per heavy atom. The second kappa shape index (κ2) is 6.10. The molecule has 0 saturated carbocycles. The molecule has 3 heterocycles. The zero-order valence-corrected chi connectivity index (χ0v) is 14.3. The molecule has 1 fully saturated rings. The van der Waals surface area contributed by atoms with Crippen molar-refractivity contribution in [3.63, 3.8) is 0 Å². The normalized spacial score (nSPS) is 25.5. The van der Waals surface area contributed by atoms with Gasteiger partial charge < -0.3 is 9.72 Å². The molecule has 0 bridgehead atoms. The van der Waals surface area contributed by atoms with Crippen LogP contribution in [0.1, 0.15) is 37.1 Å².